The third-order valence-electron chi connectivity index (χ3n) is 5.16. The molecular formula is C22H17N5O7. The molecule has 1 saturated heterocycles. The molecule has 1 fully saturated rings. The number of carbonyl (C=O) groups is 2. The van der Waals surface area contributed by atoms with Crippen molar-refractivity contribution in [1.29, 1.82) is 0 Å². The van der Waals surface area contributed by atoms with E-state index in [1.54, 1.807) is 30.3 Å². The number of imide groups is 1. The van der Waals surface area contributed by atoms with E-state index in [0.717, 1.165) is 34.8 Å². The Labute approximate surface area is 191 Å². The second-order valence-electron chi connectivity index (χ2n) is 7.39. The normalized spacial score (nSPS) is 14.1. The predicted molar refractivity (Wildman–Crippen MR) is 120 cm³/mol. The van der Waals surface area contributed by atoms with Gasteiger partial charge in [-0.15, -0.1) is 0 Å². The first-order valence-electron chi connectivity index (χ1n) is 9.88. The molecule has 12 heteroatoms. The number of rotatable bonds is 6. The van der Waals surface area contributed by atoms with E-state index in [2.05, 4.69) is 10.6 Å². The van der Waals surface area contributed by atoms with Gasteiger partial charge >= 0.3 is 11.7 Å². The Bertz CT molecular complexity index is 1390. The minimum Gasteiger partial charge on any atom is -0.450 e. The lowest BCUT2D eigenvalue weighted by atomic mass is 10.2. The largest absolute Gasteiger partial charge is 0.450 e. The molecule has 0 saturated carbocycles. The molecule has 2 heterocycles. The first-order valence-corrected chi connectivity index (χ1v) is 9.88. The van der Waals surface area contributed by atoms with Crippen molar-refractivity contribution in [2.45, 2.75) is 13.8 Å². The van der Waals surface area contributed by atoms with Crippen LogP contribution in [0.1, 0.15) is 17.0 Å². The number of hydrogen-bond acceptors (Lipinski definition) is 7. The Morgan fingerprint density at radius 3 is 2.24 bits per heavy atom. The van der Waals surface area contributed by atoms with Crippen LogP contribution in [-0.2, 0) is 4.79 Å². The highest BCUT2D eigenvalue weighted by Crippen LogP contribution is 2.35. The number of aromatic nitrogens is 1. The summed E-state index contributed by atoms with van der Waals surface area (Å²) in [6.45, 7) is 3.74. The van der Waals surface area contributed by atoms with Crippen LogP contribution in [0.5, 0.6) is 11.5 Å². The summed E-state index contributed by atoms with van der Waals surface area (Å²) < 4.78 is 7.53. The smallest absolute Gasteiger partial charge is 0.326 e. The van der Waals surface area contributed by atoms with Gasteiger partial charge in [-0.2, -0.15) is 0 Å². The van der Waals surface area contributed by atoms with Gasteiger partial charge in [0.1, 0.15) is 11.4 Å². The van der Waals surface area contributed by atoms with Crippen LogP contribution < -0.4 is 15.4 Å². The third-order valence-corrected chi connectivity index (χ3v) is 5.16. The summed E-state index contributed by atoms with van der Waals surface area (Å²) in [6.07, 6.45) is 1.59. The molecule has 12 nitrogen and oxygen atoms in total. The Kier molecular flexibility index (Phi) is 5.55. The number of nitro benzene ring substituents is 2. The number of aryl methyl sites for hydroxylation is 1. The van der Waals surface area contributed by atoms with Crippen molar-refractivity contribution >= 4 is 29.4 Å². The molecule has 0 unspecified atom stereocenters. The Balaban J connectivity index is 1.61. The Morgan fingerprint density at radius 1 is 0.941 bits per heavy atom. The number of ether oxygens (including phenoxy) is 1. The van der Waals surface area contributed by atoms with E-state index in [1.165, 1.54) is 6.07 Å². The summed E-state index contributed by atoms with van der Waals surface area (Å²) in [5.41, 5.74) is 2.42. The number of non-ortho nitro benzene ring substituents is 1. The monoisotopic (exact) mass is 463 g/mol. The lowest BCUT2D eigenvalue weighted by molar-refractivity contribution is -0.394. The van der Waals surface area contributed by atoms with E-state index in [1.807, 2.05) is 24.5 Å². The number of urea groups is 1. The maximum Gasteiger partial charge on any atom is 0.326 e. The van der Waals surface area contributed by atoms with Crippen LogP contribution >= 0.6 is 0 Å². The van der Waals surface area contributed by atoms with Gasteiger partial charge in [0.05, 0.1) is 15.9 Å². The quantitative estimate of drug-likeness (QED) is 0.243. The van der Waals surface area contributed by atoms with Crippen molar-refractivity contribution in [3.63, 3.8) is 0 Å². The molecule has 1 aliphatic heterocycles. The summed E-state index contributed by atoms with van der Waals surface area (Å²) in [7, 11) is 0. The second-order valence-corrected chi connectivity index (χ2v) is 7.39. The van der Waals surface area contributed by atoms with Gasteiger partial charge in [-0.1, -0.05) is 0 Å². The topological polar surface area (TPSA) is 159 Å². The molecule has 34 heavy (non-hydrogen) atoms. The number of nitrogens with one attached hydrogen (secondary N) is 2. The van der Waals surface area contributed by atoms with Crippen molar-refractivity contribution in [3.8, 4) is 17.2 Å². The number of carbonyl (C=O) groups excluding carboxylic acids is 2. The zero-order chi connectivity index (χ0) is 24.6. The molecule has 3 amide bonds. The second kappa shape index (κ2) is 8.50. The maximum atomic E-state index is 11.8. The molecule has 2 aromatic carbocycles. The average molecular weight is 463 g/mol. The van der Waals surface area contributed by atoms with E-state index >= 15 is 0 Å². The molecular weight excluding hydrogens is 446 g/mol. The van der Waals surface area contributed by atoms with Crippen LogP contribution in [0.2, 0.25) is 0 Å². The third kappa shape index (κ3) is 4.19. The molecule has 0 bridgehead atoms. The van der Waals surface area contributed by atoms with Crippen LogP contribution in [0.4, 0.5) is 16.2 Å². The van der Waals surface area contributed by atoms with Crippen molar-refractivity contribution in [1.82, 2.24) is 15.2 Å². The van der Waals surface area contributed by atoms with Crippen LogP contribution in [0.15, 0.2) is 54.2 Å². The van der Waals surface area contributed by atoms with Gasteiger partial charge < -0.3 is 14.6 Å². The summed E-state index contributed by atoms with van der Waals surface area (Å²) >= 11 is 0. The minimum absolute atomic E-state index is 0.123. The summed E-state index contributed by atoms with van der Waals surface area (Å²) in [4.78, 5) is 43.9. The predicted octanol–water partition coefficient (Wildman–Crippen LogP) is 3.88. The summed E-state index contributed by atoms with van der Waals surface area (Å²) in [6, 6.07) is 11.2. The summed E-state index contributed by atoms with van der Waals surface area (Å²) in [5.74, 6) is -0.324. The first kappa shape index (κ1) is 22.2. The van der Waals surface area contributed by atoms with E-state index in [-0.39, 0.29) is 11.4 Å². The van der Waals surface area contributed by atoms with Gasteiger partial charge in [-0.25, -0.2) is 4.79 Å². The zero-order valence-electron chi connectivity index (χ0n) is 17.9. The van der Waals surface area contributed by atoms with Gasteiger partial charge in [0.15, 0.2) is 0 Å². The number of nitro groups is 2. The lowest BCUT2D eigenvalue weighted by Crippen LogP contribution is -2.22. The van der Waals surface area contributed by atoms with Crippen LogP contribution in [0.25, 0.3) is 11.8 Å². The van der Waals surface area contributed by atoms with Gasteiger partial charge in [-0.05, 0) is 61.9 Å². The molecule has 1 aliphatic rings. The maximum absolute atomic E-state index is 11.8. The Hall–Kier alpha value is -5.00. The molecule has 4 rings (SSSR count). The van der Waals surface area contributed by atoms with Gasteiger partial charge in [0.2, 0.25) is 5.75 Å². The van der Waals surface area contributed by atoms with E-state index in [4.69, 9.17) is 4.74 Å². The molecule has 2 N–H and O–H groups in total. The van der Waals surface area contributed by atoms with Gasteiger partial charge in [0, 0.05) is 23.1 Å². The molecule has 0 spiro atoms. The van der Waals surface area contributed by atoms with Gasteiger partial charge in [-0.3, -0.25) is 30.3 Å². The fraction of sp³-hybridized carbons (Fsp3) is 0.0909. The number of nitrogens with zero attached hydrogens (tertiary/aromatic N) is 3. The molecule has 3 aromatic rings. The van der Waals surface area contributed by atoms with Gasteiger partial charge in [0.25, 0.3) is 11.6 Å². The molecule has 172 valence electrons. The highest BCUT2D eigenvalue weighted by atomic mass is 16.6. The van der Waals surface area contributed by atoms with Crippen LogP contribution in [0.3, 0.4) is 0 Å². The van der Waals surface area contributed by atoms with E-state index in [9.17, 15) is 29.8 Å². The first-order chi connectivity index (χ1) is 16.1. The number of amides is 3. The van der Waals surface area contributed by atoms with Crippen molar-refractivity contribution < 1.29 is 24.2 Å². The Morgan fingerprint density at radius 2 is 1.65 bits per heavy atom. The minimum atomic E-state index is -0.744. The molecule has 0 atom stereocenters. The molecule has 1 aromatic heterocycles. The summed E-state index contributed by atoms with van der Waals surface area (Å²) in [5, 5.41) is 26.8. The van der Waals surface area contributed by atoms with E-state index < -0.39 is 33.2 Å². The van der Waals surface area contributed by atoms with Crippen LogP contribution in [-0.4, -0.2) is 26.4 Å². The average Bonchev–Trinajstić information content (AvgIpc) is 3.25. The number of benzene rings is 2. The van der Waals surface area contributed by atoms with E-state index in [0.29, 0.717) is 5.75 Å². The highest BCUT2D eigenvalue weighted by molar-refractivity contribution is 6.14. The van der Waals surface area contributed by atoms with Crippen molar-refractivity contribution in [2.24, 2.45) is 0 Å². The SMILES string of the molecule is Cc1cc(/C=C2/NC(=O)NC2=O)c(C)n1-c1ccc(Oc2ccc([N+](=O)[O-])cc2[N+](=O)[O-])cc1. The van der Waals surface area contributed by atoms with Crippen molar-refractivity contribution in [3.05, 3.63) is 91.4 Å². The van der Waals surface area contributed by atoms with Crippen LogP contribution in [0, 0.1) is 34.1 Å². The van der Waals surface area contributed by atoms with Crippen molar-refractivity contribution in [2.75, 3.05) is 0 Å². The molecule has 0 radical (unpaired) electrons. The number of hydrogen-bond donors (Lipinski definition) is 2. The zero-order valence-corrected chi connectivity index (χ0v) is 17.9. The molecule has 0 aliphatic carbocycles. The standard InChI is InChI=1S/C22H17N5O7/c1-12-9-14(10-18-21(28)24-22(29)23-18)13(2)25(12)15-3-6-17(7-4-15)34-20-8-5-16(26(30)31)11-19(20)27(32)33/h3-11H,1-2H3,(H2,23,24,28,29)/b18-10+. The highest BCUT2D eigenvalue weighted by Gasteiger charge is 2.24. The fourth-order valence-electron chi connectivity index (χ4n) is 3.61. The lowest BCUT2D eigenvalue weighted by Gasteiger charge is -2.11. The fourth-order valence-corrected chi connectivity index (χ4v) is 3.61.